The monoisotopic (exact) mass is 277 g/mol. The number of hydrogen-bond acceptors (Lipinski definition) is 8. The Kier molecular flexibility index (Phi) is 3.73. The molecule has 2 aromatic heterocycles. The summed E-state index contributed by atoms with van der Waals surface area (Å²) in [5, 5.41) is 6.78. The maximum Gasteiger partial charge on any atom is 0.258 e. The van der Waals surface area contributed by atoms with E-state index in [0.29, 0.717) is 0 Å². The highest BCUT2D eigenvalue weighted by Gasteiger charge is 2.16. The average molecular weight is 277 g/mol. The first-order valence-corrected chi connectivity index (χ1v) is 5.81. The minimum absolute atomic E-state index is 0.0255. The Balaban J connectivity index is 2.23. The molecular weight excluding hydrogens is 262 g/mol. The molecule has 0 aliphatic rings. The number of anilines is 2. The van der Waals surface area contributed by atoms with Crippen LogP contribution in [0.5, 0.6) is 0 Å². The third-order valence-corrected chi connectivity index (χ3v) is 2.42. The molecule has 0 bridgehead atoms. The van der Waals surface area contributed by atoms with Crippen LogP contribution in [0.1, 0.15) is 6.92 Å². The van der Waals surface area contributed by atoms with Gasteiger partial charge >= 0.3 is 0 Å². The summed E-state index contributed by atoms with van der Waals surface area (Å²) in [5.74, 6) is 0.344. The molecule has 0 saturated heterocycles. The fourth-order valence-electron chi connectivity index (χ4n) is 1.50. The summed E-state index contributed by atoms with van der Waals surface area (Å²) in [4.78, 5) is 29.1. The molecule has 3 N–H and O–H groups in total. The molecule has 1 unspecified atom stereocenters. The van der Waals surface area contributed by atoms with E-state index < -0.39 is 6.04 Å². The molecule has 0 aromatic carbocycles. The standard InChI is InChI=1S/C10H15N9O/c1-6(7(20)18(2)3)14-9-15-8(11)16-10(17-9)19-5-12-4-13-19/h4-6H,1-3H3,(H3,11,14,15,16,17). The molecule has 1 atom stereocenters. The molecule has 0 saturated carbocycles. The van der Waals surface area contributed by atoms with E-state index in [2.05, 4.69) is 30.4 Å². The van der Waals surface area contributed by atoms with Crippen molar-refractivity contribution in [1.29, 1.82) is 0 Å². The number of carbonyl (C=O) groups excluding carboxylic acids is 1. The number of nitrogens with one attached hydrogen (secondary N) is 1. The van der Waals surface area contributed by atoms with Crippen LogP contribution >= 0.6 is 0 Å². The van der Waals surface area contributed by atoms with Gasteiger partial charge in [-0.15, -0.1) is 0 Å². The first kappa shape index (κ1) is 13.6. The number of nitrogens with two attached hydrogens (primary N) is 1. The summed E-state index contributed by atoms with van der Waals surface area (Å²) in [7, 11) is 3.34. The summed E-state index contributed by atoms with van der Waals surface area (Å²) >= 11 is 0. The van der Waals surface area contributed by atoms with Crippen LogP contribution in [0.2, 0.25) is 0 Å². The van der Waals surface area contributed by atoms with Crippen molar-refractivity contribution in [3.8, 4) is 5.95 Å². The van der Waals surface area contributed by atoms with Crippen molar-refractivity contribution in [2.45, 2.75) is 13.0 Å². The zero-order valence-corrected chi connectivity index (χ0v) is 11.3. The number of likely N-dealkylation sites (N-methyl/N-ethyl adjacent to an activating group) is 1. The maximum atomic E-state index is 11.8. The number of rotatable bonds is 4. The summed E-state index contributed by atoms with van der Waals surface area (Å²) in [5.41, 5.74) is 5.62. The second kappa shape index (κ2) is 5.47. The first-order valence-electron chi connectivity index (χ1n) is 5.81. The fraction of sp³-hybridized carbons (Fsp3) is 0.400. The normalized spacial score (nSPS) is 11.9. The highest BCUT2D eigenvalue weighted by atomic mass is 16.2. The van der Waals surface area contributed by atoms with Crippen molar-refractivity contribution in [3.63, 3.8) is 0 Å². The van der Waals surface area contributed by atoms with Crippen LogP contribution in [0.25, 0.3) is 5.95 Å². The molecule has 0 aliphatic heterocycles. The predicted molar refractivity (Wildman–Crippen MR) is 70.9 cm³/mol. The first-order chi connectivity index (χ1) is 9.47. The van der Waals surface area contributed by atoms with Gasteiger partial charge in [0.15, 0.2) is 0 Å². The number of carbonyl (C=O) groups is 1. The maximum absolute atomic E-state index is 11.8. The minimum atomic E-state index is -0.490. The van der Waals surface area contributed by atoms with Gasteiger partial charge in [-0.3, -0.25) is 4.79 Å². The van der Waals surface area contributed by atoms with E-state index in [-0.39, 0.29) is 23.8 Å². The highest BCUT2D eigenvalue weighted by Crippen LogP contribution is 2.07. The van der Waals surface area contributed by atoms with Crippen molar-refractivity contribution in [1.82, 2.24) is 34.6 Å². The van der Waals surface area contributed by atoms with E-state index in [1.165, 1.54) is 22.2 Å². The van der Waals surface area contributed by atoms with E-state index in [0.717, 1.165) is 0 Å². The zero-order valence-electron chi connectivity index (χ0n) is 11.3. The van der Waals surface area contributed by atoms with E-state index in [4.69, 9.17) is 5.73 Å². The van der Waals surface area contributed by atoms with Crippen LogP contribution in [-0.4, -0.2) is 60.7 Å². The largest absolute Gasteiger partial charge is 0.368 e. The topological polar surface area (TPSA) is 128 Å². The molecule has 10 heteroatoms. The Hall–Kier alpha value is -2.78. The minimum Gasteiger partial charge on any atom is -0.368 e. The lowest BCUT2D eigenvalue weighted by Crippen LogP contribution is -2.37. The molecule has 106 valence electrons. The molecule has 2 heterocycles. The molecular formula is C10H15N9O. The summed E-state index contributed by atoms with van der Waals surface area (Å²) in [6.07, 6.45) is 2.79. The second-order valence-corrected chi connectivity index (χ2v) is 4.26. The lowest BCUT2D eigenvalue weighted by Gasteiger charge is -2.18. The van der Waals surface area contributed by atoms with Gasteiger partial charge in [-0.2, -0.15) is 24.7 Å². The van der Waals surface area contributed by atoms with Crippen molar-refractivity contribution in [3.05, 3.63) is 12.7 Å². The van der Waals surface area contributed by atoms with E-state index >= 15 is 0 Å². The van der Waals surface area contributed by atoms with Gasteiger partial charge < -0.3 is 16.0 Å². The summed E-state index contributed by atoms with van der Waals surface area (Å²) < 4.78 is 1.35. The average Bonchev–Trinajstić information content (AvgIpc) is 2.90. The number of hydrogen-bond donors (Lipinski definition) is 2. The Bertz CT molecular complexity index is 595. The van der Waals surface area contributed by atoms with E-state index in [1.54, 1.807) is 21.0 Å². The van der Waals surface area contributed by atoms with Crippen LogP contribution < -0.4 is 11.1 Å². The molecule has 10 nitrogen and oxygen atoms in total. The van der Waals surface area contributed by atoms with Crippen LogP contribution in [0, 0.1) is 0 Å². The zero-order chi connectivity index (χ0) is 14.7. The van der Waals surface area contributed by atoms with Gasteiger partial charge in [0.05, 0.1) is 0 Å². The Morgan fingerprint density at radius 1 is 1.40 bits per heavy atom. The smallest absolute Gasteiger partial charge is 0.258 e. The van der Waals surface area contributed by atoms with Gasteiger partial charge in [0, 0.05) is 14.1 Å². The van der Waals surface area contributed by atoms with Gasteiger partial charge in [0.25, 0.3) is 5.95 Å². The molecule has 20 heavy (non-hydrogen) atoms. The molecule has 0 radical (unpaired) electrons. The predicted octanol–water partition coefficient (Wildman–Crippen LogP) is -1.08. The van der Waals surface area contributed by atoms with Crippen molar-refractivity contribution < 1.29 is 4.79 Å². The lowest BCUT2D eigenvalue weighted by atomic mass is 10.3. The third-order valence-electron chi connectivity index (χ3n) is 2.42. The molecule has 1 amide bonds. The summed E-state index contributed by atoms with van der Waals surface area (Å²) in [6.45, 7) is 1.71. The lowest BCUT2D eigenvalue weighted by molar-refractivity contribution is -0.129. The third kappa shape index (κ3) is 2.96. The van der Waals surface area contributed by atoms with Gasteiger partial charge in [-0.05, 0) is 6.92 Å². The second-order valence-electron chi connectivity index (χ2n) is 4.26. The van der Waals surface area contributed by atoms with Crippen LogP contribution in [-0.2, 0) is 4.79 Å². The van der Waals surface area contributed by atoms with Crippen molar-refractivity contribution in [2.24, 2.45) is 0 Å². The number of nitrogens with zero attached hydrogens (tertiary/aromatic N) is 7. The van der Waals surface area contributed by atoms with Crippen molar-refractivity contribution >= 4 is 17.8 Å². The fourth-order valence-corrected chi connectivity index (χ4v) is 1.50. The number of aromatic nitrogens is 6. The molecule has 0 fully saturated rings. The molecule has 0 aliphatic carbocycles. The quantitative estimate of drug-likeness (QED) is 0.722. The molecule has 0 spiro atoms. The van der Waals surface area contributed by atoms with Gasteiger partial charge in [-0.25, -0.2) is 4.98 Å². The molecule has 2 aromatic rings. The van der Waals surface area contributed by atoms with Gasteiger partial charge in [0.1, 0.15) is 18.7 Å². The van der Waals surface area contributed by atoms with E-state index in [9.17, 15) is 4.79 Å². The van der Waals surface area contributed by atoms with Gasteiger partial charge in [0.2, 0.25) is 17.8 Å². The summed E-state index contributed by atoms with van der Waals surface area (Å²) in [6, 6.07) is -0.490. The molecule has 2 rings (SSSR count). The van der Waals surface area contributed by atoms with E-state index in [1.807, 2.05) is 0 Å². The Morgan fingerprint density at radius 3 is 2.75 bits per heavy atom. The number of amides is 1. The Labute approximate surface area is 115 Å². The van der Waals surface area contributed by atoms with Crippen LogP contribution in [0.15, 0.2) is 12.7 Å². The van der Waals surface area contributed by atoms with Crippen LogP contribution in [0.3, 0.4) is 0 Å². The number of nitrogen functional groups attached to an aromatic ring is 1. The van der Waals surface area contributed by atoms with Crippen molar-refractivity contribution in [2.75, 3.05) is 25.1 Å². The highest BCUT2D eigenvalue weighted by molar-refractivity contribution is 5.83. The van der Waals surface area contributed by atoms with Gasteiger partial charge in [-0.1, -0.05) is 0 Å². The Morgan fingerprint density at radius 2 is 2.15 bits per heavy atom. The van der Waals surface area contributed by atoms with Crippen LogP contribution in [0.4, 0.5) is 11.9 Å². The SMILES string of the molecule is CC(Nc1nc(N)nc(-n2cncn2)n1)C(=O)N(C)C.